The number of aromatic nitrogens is 1. The molecule has 1 aliphatic heterocycles. The van der Waals surface area contributed by atoms with Crippen molar-refractivity contribution in [2.45, 2.75) is 31.2 Å². The van der Waals surface area contributed by atoms with E-state index in [2.05, 4.69) is 44.4 Å². The number of aliphatic hydroxyl groups excluding tert-OH is 1. The topological polar surface area (TPSA) is 54.4 Å². The minimum absolute atomic E-state index is 0.207. The molecule has 0 saturated heterocycles. The Labute approximate surface area is 145 Å². The summed E-state index contributed by atoms with van der Waals surface area (Å²) in [6.45, 7) is 0.207. The molecule has 4 nitrogen and oxygen atoms in total. The lowest BCUT2D eigenvalue weighted by atomic mass is 9.89. The molecule has 2 aromatic rings. The first-order valence-electron chi connectivity index (χ1n) is 7.87. The number of hydrogen-bond acceptors (Lipinski definition) is 4. The number of hydrogen-bond donors (Lipinski definition) is 2. The normalized spacial score (nSPS) is 19.3. The van der Waals surface area contributed by atoms with Crippen molar-refractivity contribution in [2.75, 3.05) is 19.0 Å². The van der Waals surface area contributed by atoms with Gasteiger partial charge in [0.25, 0.3) is 0 Å². The lowest BCUT2D eigenvalue weighted by Gasteiger charge is -2.19. The van der Waals surface area contributed by atoms with Gasteiger partial charge in [0, 0.05) is 34.4 Å². The van der Waals surface area contributed by atoms with Crippen LogP contribution in [0.15, 0.2) is 41.0 Å². The fourth-order valence-electron chi connectivity index (χ4n) is 3.25. The highest BCUT2D eigenvalue weighted by atomic mass is 79.9. The number of methoxy groups -OCH3 is 1. The van der Waals surface area contributed by atoms with Gasteiger partial charge in [-0.05, 0) is 49.1 Å². The zero-order chi connectivity index (χ0) is 16.2. The van der Waals surface area contributed by atoms with Gasteiger partial charge in [0.05, 0.1) is 13.3 Å². The first-order valence-corrected chi connectivity index (χ1v) is 8.66. The molecule has 122 valence electrons. The first kappa shape index (κ1) is 16.3. The molecule has 2 N–H and O–H groups in total. The number of aliphatic hydroxyl groups is 1. The van der Waals surface area contributed by atoms with E-state index < -0.39 is 0 Å². The van der Waals surface area contributed by atoms with Gasteiger partial charge >= 0.3 is 0 Å². The van der Waals surface area contributed by atoms with E-state index in [4.69, 9.17) is 4.74 Å². The Morgan fingerprint density at radius 2 is 2.13 bits per heavy atom. The van der Waals surface area contributed by atoms with Crippen LogP contribution in [0.4, 0.5) is 5.69 Å². The van der Waals surface area contributed by atoms with Crippen LogP contribution in [0.1, 0.15) is 30.0 Å². The molecular formula is C18H21BrN2O2. The highest BCUT2D eigenvalue weighted by molar-refractivity contribution is 9.10. The number of nitrogens with one attached hydrogen (secondary N) is 1. The largest absolute Gasteiger partial charge is 0.495 e. The van der Waals surface area contributed by atoms with Crippen LogP contribution >= 0.6 is 15.9 Å². The molecule has 1 aromatic carbocycles. The van der Waals surface area contributed by atoms with Gasteiger partial charge in [-0.1, -0.05) is 22.0 Å². The molecule has 0 radical (unpaired) electrons. The molecule has 0 spiro atoms. The van der Waals surface area contributed by atoms with E-state index in [-0.39, 0.29) is 6.61 Å². The van der Waals surface area contributed by atoms with Crippen LogP contribution in [-0.2, 0) is 6.42 Å². The van der Waals surface area contributed by atoms with E-state index in [9.17, 15) is 5.11 Å². The molecule has 0 aliphatic carbocycles. The minimum Gasteiger partial charge on any atom is -0.495 e. The zero-order valence-electron chi connectivity index (χ0n) is 13.1. The van der Waals surface area contributed by atoms with Crippen LogP contribution in [0.5, 0.6) is 5.75 Å². The molecule has 0 amide bonds. The second-order valence-corrected chi connectivity index (χ2v) is 6.74. The van der Waals surface area contributed by atoms with Crippen molar-refractivity contribution in [3.8, 4) is 5.75 Å². The van der Waals surface area contributed by atoms with Crippen molar-refractivity contribution < 1.29 is 9.84 Å². The van der Waals surface area contributed by atoms with Crippen LogP contribution in [-0.4, -0.2) is 29.8 Å². The standard InChI is InChI=1S/C18H21BrN2O2/c1-23-14-5-3-13(20-11-14)4-7-17-16(8-9-22)15-6-2-12(19)10-18(15)21-17/h2-3,5-6,10-11,16-17,21-22H,4,7-9H2,1H3. The average Bonchev–Trinajstić information content (AvgIpc) is 2.90. The number of aryl methyl sites for hydroxylation is 1. The van der Waals surface area contributed by atoms with E-state index in [1.807, 2.05) is 12.1 Å². The summed E-state index contributed by atoms with van der Waals surface area (Å²) in [6.07, 6.45) is 4.42. The van der Waals surface area contributed by atoms with Crippen LogP contribution in [0.2, 0.25) is 0 Å². The summed E-state index contributed by atoms with van der Waals surface area (Å²) in [4.78, 5) is 4.44. The van der Waals surface area contributed by atoms with Crippen LogP contribution in [0.25, 0.3) is 0 Å². The molecule has 3 rings (SSSR count). The number of nitrogens with zero attached hydrogens (tertiary/aromatic N) is 1. The number of halogens is 1. The lowest BCUT2D eigenvalue weighted by molar-refractivity contribution is 0.270. The molecule has 2 heterocycles. The van der Waals surface area contributed by atoms with Crippen molar-refractivity contribution in [3.63, 3.8) is 0 Å². The quantitative estimate of drug-likeness (QED) is 0.805. The summed E-state index contributed by atoms with van der Waals surface area (Å²) in [6, 6.07) is 10.6. The van der Waals surface area contributed by atoms with Gasteiger partial charge in [0.1, 0.15) is 5.75 Å². The number of benzene rings is 1. The van der Waals surface area contributed by atoms with E-state index in [1.54, 1.807) is 13.3 Å². The average molecular weight is 377 g/mol. The molecule has 1 aromatic heterocycles. The number of ether oxygens (including phenoxy) is 1. The maximum absolute atomic E-state index is 9.40. The SMILES string of the molecule is COc1ccc(CCC2Nc3cc(Br)ccc3C2CCO)nc1. The fraction of sp³-hybridized carbons (Fsp3) is 0.389. The summed E-state index contributed by atoms with van der Waals surface area (Å²) in [7, 11) is 1.65. The second kappa shape index (κ2) is 7.32. The highest BCUT2D eigenvalue weighted by Crippen LogP contribution is 2.40. The third kappa shape index (κ3) is 3.67. The molecule has 2 atom stereocenters. The Morgan fingerprint density at radius 3 is 2.83 bits per heavy atom. The third-order valence-electron chi connectivity index (χ3n) is 4.43. The zero-order valence-corrected chi connectivity index (χ0v) is 14.7. The number of rotatable bonds is 6. The van der Waals surface area contributed by atoms with Crippen LogP contribution < -0.4 is 10.1 Å². The summed E-state index contributed by atoms with van der Waals surface area (Å²) in [5.41, 5.74) is 3.54. The maximum Gasteiger partial charge on any atom is 0.137 e. The molecule has 1 aliphatic rings. The first-order chi connectivity index (χ1) is 11.2. The summed E-state index contributed by atoms with van der Waals surface area (Å²) < 4.78 is 6.22. The Hall–Kier alpha value is -1.59. The number of anilines is 1. The predicted octanol–water partition coefficient (Wildman–Crippen LogP) is 3.75. The minimum atomic E-state index is 0.207. The Balaban J connectivity index is 1.69. The number of fused-ring (bicyclic) bond motifs is 1. The molecule has 5 heteroatoms. The Kier molecular flexibility index (Phi) is 5.18. The molecule has 0 saturated carbocycles. The summed E-state index contributed by atoms with van der Waals surface area (Å²) in [5, 5.41) is 13.0. The Morgan fingerprint density at radius 1 is 1.26 bits per heavy atom. The fourth-order valence-corrected chi connectivity index (χ4v) is 3.61. The van der Waals surface area contributed by atoms with Gasteiger partial charge in [0.2, 0.25) is 0 Å². The lowest BCUT2D eigenvalue weighted by Crippen LogP contribution is -2.22. The van der Waals surface area contributed by atoms with Crippen molar-refractivity contribution >= 4 is 21.6 Å². The number of pyridine rings is 1. The van der Waals surface area contributed by atoms with Gasteiger partial charge in [-0.3, -0.25) is 4.98 Å². The van der Waals surface area contributed by atoms with Gasteiger partial charge < -0.3 is 15.2 Å². The molecule has 2 unspecified atom stereocenters. The van der Waals surface area contributed by atoms with E-state index in [0.717, 1.165) is 35.2 Å². The monoisotopic (exact) mass is 376 g/mol. The summed E-state index contributed by atoms with van der Waals surface area (Å²) >= 11 is 3.52. The van der Waals surface area contributed by atoms with Crippen molar-refractivity contribution in [1.29, 1.82) is 0 Å². The van der Waals surface area contributed by atoms with E-state index in [1.165, 1.54) is 11.3 Å². The molecular weight excluding hydrogens is 356 g/mol. The van der Waals surface area contributed by atoms with Crippen LogP contribution in [0.3, 0.4) is 0 Å². The predicted molar refractivity (Wildman–Crippen MR) is 95.1 cm³/mol. The maximum atomic E-state index is 9.40. The molecule has 23 heavy (non-hydrogen) atoms. The smallest absolute Gasteiger partial charge is 0.137 e. The van der Waals surface area contributed by atoms with Gasteiger partial charge in [-0.25, -0.2) is 0 Å². The van der Waals surface area contributed by atoms with E-state index >= 15 is 0 Å². The van der Waals surface area contributed by atoms with Gasteiger partial charge in [-0.15, -0.1) is 0 Å². The highest BCUT2D eigenvalue weighted by Gasteiger charge is 2.31. The van der Waals surface area contributed by atoms with Crippen molar-refractivity contribution in [3.05, 3.63) is 52.3 Å². The van der Waals surface area contributed by atoms with Crippen molar-refractivity contribution in [1.82, 2.24) is 4.98 Å². The third-order valence-corrected chi connectivity index (χ3v) is 4.92. The Bertz CT molecular complexity index is 661. The van der Waals surface area contributed by atoms with Gasteiger partial charge in [0.15, 0.2) is 0 Å². The van der Waals surface area contributed by atoms with Crippen molar-refractivity contribution in [2.24, 2.45) is 0 Å². The second-order valence-electron chi connectivity index (χ2n) is 5.83. The van der Waals surface area contributed by atoms with Gasteiger partial charge in [-0.2, -0.15) is 0 Å². The van der Waals surface area contributed by atoms with E-state index in [0.29, 0.717) is 12.0 Å². The molecule has 0 fully saturated rings. The molecule has 0 bridgehead atoms. The summed E-state index contributed by atoms with van der Waals surface area (Å²) in [5.74, 6) is 1.13. The van der Waals surface area contributed by atoms with Crippen LogP contribution in [0, 0.1) is 0 Å².